The molecule has 0 bridgehead atoms. The van der Waals surface area contributed by atoms with Gasteiger partial charge in [-0.1, -0.05) is 30.9 Å². The SMILES string of the molecule is C=C/C(=C\C=C/C)CNC(=O)c1cc2c([nH]1)CCCC2. The van der Waals surface area contributed by atoms with Crippen LogP contribution in [-0.4, -0.2) is 17.4 Å². The van der Waals surface area contributed by atoms with Gasteiger partial charge in [0.15, 0.2) is 0 Å². The van der Waals surface area contributed by atoms with Gasteiger partial charge in [0.25, 0.3) is 5.91 Å². The van der Waals surface area contributed by atoms with Gasteiger partial charge >= 0.3 is 0 Å². The van der Waals surface area contributed by atoms with Gasteiger partial charge in [-0.15, -0.1) is 0 Å². The maximum atomic E-state index is 12.1. The number of H-pyrrole nitrogens is 1. The summed E-state index contributed by atoms with van der Waals surface area (Å²) in [5.41, 5.74) is 4.20. The Hall–Kier alpha value is -2.03. The summed E-state index contributed by atoms with van der Waals surface area (Å²) in [7, 11) is 0. The number of amides is 1. The van der Waals surface area contributed by atoms with E-state index in [2.05, 4.69) is 16.9 Å². The first kappa shape index (κ1) is 14.4. The molecule has 0 aromatic carbocycles. The lowest BCUT2D eigenvalue weighted by Gasteiger charge is -2.09. The second-order valence-electron chi connectivity index (χ2n) is 5.05. The Kier molecular flexibility index (Phi) is 4.99. The summed E-state index contributed by atoms with van der Waals surface area (Å²) >= 11 is 0. The molecule has 0 atom stereocenters. The molecule has 3 heteroatoms. The van der Waals surface area contributed by atoms with Crippen molar-refractivity contribution in [1.29, 1.82) is 0 Å². The van der Waals surface area contributed by atoms with Crippen LogP contribution >= 0.6 is 0 Å². The Labute approximate surface area is 120 Å². The van der Waals surface area contributed by atoms with E-state index in [1.54, 1.807) is 6.08 Å². The fraction of sp³-hybridized carbons (Fsp3) is 0.353. The van der Waals surface area contributed by atoms with E-state index in [-0.39, 0.29) is 5.91 Å². The Balaban J connectivity index is 1.98. The van der Waals surface area contributed by atoms with E-state index in [1.165, 1.54) is 24.1 Å². The molecule has 0 fully saturated rings. The number of carbonyl (C=O) groups is 1. The second kappa shape index (κ2) is 6.94. The van der Waals surface area contributed by atoms with Crippen molar-refractivity contribution in [2.45, 2.75) is 32.6 Å². The normalized spacial score (nSPS) is 15.2. The number of hydrogen-bond acceptors (Lipinski definition) is 1. The molecular weight excluding hydrogens is 248 g/mol. The summed E-state index contributed by atoms with van der Waals surface area (Å²) < 4.78 is 0. The zero-order chi connectivity index (χ0) is 14.4. The topological polar surface area (TPSA) is 44.9 Å². The van der Waals surface area contributed by atoms with E-state index in [0.29, 0.717) is 12.2 Å². The van der Waals surface area contributed by atoms with Gasteiger partial charge in [-0.2, -0.15) is 0 Å². The number of rotatable bonds is 5. The van der Waals surface area contributed by atoms with Gasteiger partial charge in [-0.05, 0) is 49.8 Å². The number of carbonyl (C=O) groups excluding carboxylic acids is 1. The van der Waals surface area contributed by atoms with Crippen molar-refractivity contribution in [3.8, 4) is 0 Å². The van der Waals surface area contributed by atoms with Crippen LogP contribution in [0, 0.1) is 0 Å². The van der Waals surface area contributed by atoms with Crippen molar-refractivity contribution < 1.29 is 4.79 Å². The average molecular weight is 270 g/mol. The van der Waals surface area contributed by atoms with Crippen LogP contribution in [0.3, 0.4) is 0 Å². The lowest BCUT2D eigenvalue weighted by molar-refractivity contribution is 0.0953. The highest BCUT2D eigenvalue weighted by Gasteiger charge is 2.16. The Morgan fingerprint density at radius 1 is 1.45 bits per heavy atom. The molecule has 1 amide bonds. The van der Waals surface area contributed by atoms with Crippen molar-refractivity contribution >= 4 is 5.91 Å². The first-order valence-corrected chi connectivity index (χ1v) is 7.18. The first-order chi connectivity index (χ1) is 9.74. The van der Waals surface area contributed by atoms with E-state index in [9.17, 15) is 4.79 Å². The monoisotopic (exact) mass is 270 g/mol. The van der Waals surface area contributed by atoms with Gasteiger partial charge in [0.05, 0.1) is 0 Å². The summed E-state index contributed by atoms with van der Waals surface area (Å²) in [5.74, 6) is -0.0485. The van der Waals surface area contributed by atoms with Crippen LogP contribution < -0.4 is 5.32 Å². The van der Waals surface area contributed by atoms with Crippen LogP contribution in [0.15, 0.2) is 42.5 Å². The van der Waals surface area contributed by atoms with Crippen LogP contribution in [0.1, 0.15) is 41.5 Å². The van der Waals surface area contributed by atoms with Gasteiger partial charge in [0.1, 0.15) is 5.69 Å². The van der Waals surface area contributed by atoms with E-state index in [4.69, 9.17) is 0 Å². The molecule has 1 aliphatic carbocycles. The molecule has 0 saturated heterocycles. The summed E-state index contributed by atoms with van der Waals surface area (Å²) in [4.78, 5) is 15.4. The van der Waals surface area contributed by atoms with Crippen molar-refractivity contribution in [3.05, 3.63) is 59.5 Å². The van der Waals surface area contributed by atoms with Crippen LogP contribution in [0.25, 0.3) is 0 Å². The molecule has 1 aliphatic rings. The fourth-order valence-electron chi connectivity index (χ4n) is 2.42. The van der Waals surface area contributed by atoms with E-state index < -0.39 is 0 Å². The molecule has 106 valence electrons. The van der Waals surface area contributed by atoms with Crippen LogP contribution in [0.2, 0.25) is 0 Å². The number of aromatic nitrogens is 1. The highest BCUT2D eigenvalue weighted by atomic mass is 16.1. The van der Waals surface area contributed by atoms with Gasteiger partial charge in [0.2, 0.25) is 0 Å². The number of allylic oxidation sites excluding steroid dienone is 3. The van der Waals surface area contributed by atoms with Gasteiger partial charge in [-0.3, -0.25) is 4.79 Å². The number of aromatic amines is 1. The minimum atomic E-state index is -0.0485. The molecule has 0 saturated carbocycles. The van der Waals surface area contributed by atoms with Crippen molar-refractivity contribution in [1.82, 2.24) is 10.3 Å². The summed E-state index contributed by atoms with van der Waals surface area (Å²) in [6.07, 6.45) is 12.2. The maximum absolute atomic E-state index is 12.1. The standard InChI is InChI=1S/C17H22N2O/c1-3-5-8-13(4-2)12-18-17(20)16-11-14-9-6-7-10-15(14)19-16/h3-5,8,11,19H,2,6-7,9-10,12H2,1H3,(H,18,20)/b5-3-,13-8+. The Bertz CT molecular complexity index is 526. The van der Waals surface area contributed by atoms with Gasteiger partial charge in [-0.25, -0.2) is 0 Å². The van der Waals surface area contributed by atoms with E-state index >= 15 is 0 Å². The molecule has 0 unspecified atom stereocenters. The average Bonchev–Trinajstić information content (AvgIpc) is 2.91. The predicted octanol–water partition coefficient (Wildman–Crippen LogP) is 3.31. The molecule has 1 heterocycles. The van der Waals surface area contributed by atoms with Crippen LogP contribution in [0.5, 0.6) is 0 Å². The molecular formula is C17H22N2O. The molecule has 0 spiro atoms. The minimum Gasteiger partial charge on any atom is -0.354 e. The highest BCUT2D eigenvalue weighted by molar-refractivity contribution is 5.93. The molecule has 20 heavy (non-hydrogen) atoms. The third kappa shape index (κ3) is 3.50. The number of hydrogen-bond donors (Lipinski definition) is 2. The molecule has 2 N–H and O–H groups in total. The number of aryl methyl sites for hydroxylation is 2. The predicted molar refractivity (Wildman–Crippen MR) is 82.9 cm³/mol. The van der Waals surface area contributed by atoms with E-state index in [0.717, 1.165) is 18.4 Å². The molecule has 1 aromatic heterocycles. The number of fused-ring (bicyclic) bond motifs is 1. The van der Waals surface area contributed by atoms with Crippen LogP contribution in [0.4, 0.5) is 0 Å². The molecule has 3 nitrogen and oxygen atoms in total. The van der Waals surface area contributed by atoms with E-state index in [1.807, 2.05) is 31.2 Å². The quantitative estimate of drug-likeness (QED) is 0.792. The largest absolute Gasteiger partial charge is 0.354 e. The smallest absolute Gasteiger partial charge is 0.267 e. The van der Waals surface area contributed by atoms with Crippen molar-refractivity contribution in [2.75, 3.05) is 6.54 Å². The van der Waals surface area contributed by atoms with Crippen LogP contribution in [-0.2, 0) is 12.8 Å². The molecule has 0 radical (unpaired) electrons. The summed E-state index contributed by atoms with van der Waals surface area (Å²) in [5, 5.41) is 2.92. The van der Waals surface area contributed by atoms with Gasteiger partial charge in [0, 0.05) is 12.2 Å². The Morgan fingerprint density at radius 3 is 2.95 bits per heavy atom. The van der Waals surface area contributed by atoms with Gasteiger partial charge < -0.3 is 10.3 Å². The van der Waals surface area contributed by atoms with Crippen molar-refractivity contribution in [2.24, 2.45) is 0 Å². The molecule has 1 aromatic rings. The third-order valence-electron chi connectivity index (χ3n) is 3.58. The number of nitrogens with one attached hydrogen (secondary N) is 2. The lowest BCUT2D eigenvalue weighted by atomic mass is 9.98. The summed E-state index contributed by atoms with van der Waals surface area (Å²) in [6, 6.07) is 1.99. The lowest BCUT2D eigenvalue weighted by Crippen LogP contribution is -2.25. The molecule has 2 rings (SSSR count). The Morgan fingerprint density at radius 2 is 2.25 bits per heavy atom. The zero-order valence-electron chi connectivity index (χ0n) is 12.0. The zero-order valence-corrected chi connectivity index (χ0v) is 12.0. The third-order valence-corrected chi connectivity index (χ3v) is 3.58. The first-order valence-electron chi connectivity index (χ1n) is 7.18. The fourth-order valence-corrected chi connectivity index (χ4v) is 2.42. The molecule has 0 aliphatic heterocycles. The summed E-state index contributed by atoms with van der Waals surface area (Å²) in [6.45, 7) is 6.21. The second-order valence-corrected chi connectivity index (χ2v) is 5.05. The maximum Gasteiger partial charge on any atom is 0.267 e. The minimum absolute atomic E-state index is 0.0485. The highest BCUT2D eigenvalue weighted by Crippen LogP contribution is 2.21. The van der Waals surface area contributed by atoms with Crippen molar-refractivity contribution in [3.63, 3.8) is 0 Å².